The van der Waals surface area contributed by atoms with E-state index in [1.54, 1.807) is 0 Å². The third-order valence-corrected chi connectivity index (χ3v) is 8.66. The van der Waals surface area contributed by atoms with Crippen LogP contribution in [0, 0.1) is 17.8 Å². The van der Waals surface area contributed by atoms with Crippen LogP contribution in [0.1, 0.15) is 48.9 Å². The highest BCUT2D eigenvalue weighted by molar-refractivity contribution is 7.89. The van der Waals surface area contributed by atoms with Crippen molar-refractivity contribution in [1.29, 1.82) is 0 Å². The lowest BCUT2D eigenvalue weighted by Gasteiger charge is -2.56. The van der Waals surface area contributed by atoms with Crippen LogP contribution < -0.4 is 10.6 Å². The van der Waals surface area contributed by atoms with Gasteiger partial charge in [0.15, 0.2) is 6.61 Å². The number of rotatable bonds is 6. The molecular weight excluding hydrogens is 434 g/mol. The van der Waals surface area contributed by atoms with Gasteiger partial charge in [0.05, 0.1) is 10.5 Å². The van der Waals surface area contributed by atoms with E-state index in [2.05, 4.69) is 10.6 Å². The van der Waals surface area contributed by atoms with E-state index >= 15 is 0 Å². The van der Waals surface area contributed by atoms with Gasteiger partial charge in [0.25, 0.3) is 5.91 Å². The number of amides is 3. The maximum Gasteiger partial charge on any atom is 0.338 e. The van der Waals surface area contributed by atoms with E-state index in [0.29, 0.717) is 17.8 Å². The van der Waals surface area contributed by atoms with Crippen molar-refractivity contribution in [3.63, 3.8) is 0 Å². The number of imide groups is 1. The molecule has 0 radical (unpaired) electrons. The summed E-state index contributed by atoms with van der Waals surface area (Å²) in [6.45, 7) is -0.641. The molecule has 2 N–H and O–H groups in total. The molecule has 1 aromatic rings. The van der Waals surface area contributed by atoms with Gasteiger partial charge in [-0.2, -0.15) is 0 Å². The zero-order chi connectivity index (χ0) is 23.1. The van der Waals surface area contributed by atoms with Gasteiger partial charge in [-0.15, -0.1) is 0 Å². The van der Waals surface area contributed by atoms with Gasteiger partial charge in [0.1, 0.15) is 0 Å². The number of carbonyl (C=O) groups excluding carboxylic acids is 3. The smallest absolute Gasteiger partial charge is 0.338 e. The minimum atomic E-state index is -3.71. The molecule has 0 aliphatic heterocycles. The molecule has 0 unspecified atom stereocenters. The van der Waals surface area contributed by atoms with Crippen molar-refractivity contribution in [1.82, 2.24) is 14.9 Å². The summed E-state index contributed by atoms with van der Waals surface area (Å²) < 4.78 is 30.5. The SMILES string of the molecule is CN(C)S(=O)(=O)c1cccc(C(=O)OCC(=O)NC(=O)NC23CC4CC(CC(C4)C2)C3)c1. The van der Waals surface area contributed by atoms with Gasteiger partial charge >= 0.3 is 12.0 Å². The van der Waals surface area contributed by atoms with Crippen molar-refractivity contribution in [3.8, 4) is 0 Å². The highest BCUT2D eigenvalue weighted by atomic mass is 32.2. The number of nitrogens with one attached hydrogen (secondary N) is 2. The average Bonchev–Trinajstić information content (AvgIpc) is 2.70. The first kappa shape index (κ1) is 22.7. The second-order valence-electron chi connectivity index (χ2n) is 9.59. The lowest BCUT2D eigenvalue weighted by molar-refractivity contribution is -0.123. The molecule has 32 heavy (non-hydrogen) atoms. The first-order valence-electron chi connectivity index (χ1n) is 10.9. The van der Waals surface area contributed by atoms with E-state index in [0.717, 1.165) is 23.6 Å². The fourth-order valence-corrected chi connectivity index (χ4v) is 6.86. The van der Waals surface area contributed by atoms with Gasteiger partial charge in [0, 0.05) is 19.6 Å². The molecule has 4 aliphatic rings. The van der Waals surface area contributed by atoms with Crippen LogP contribution in [0.3, 0.4) is 0 Å². The van der Waals surface area contributed by atoms with Gasteiger partial charge in [0.2, 0.25) is 10.0 Å². The number of nitrogens with zero attached hydrogens (tertiary/aromatic N) is 1. The number of carbonyl (C=O) groups is 3. The summed E-state index contributed by atoms with van der Waals surface area (Å²) in [6, 6.07) is 4.82. The van der Waals surface area contributed by atoms with Crippen LogP contribution in [-0.4, -0.2) is 56.9 Å². The van der Waals surface area contributed by atoms with Gasteiger partial charge < -0.3 is 10.1 Å². The molecule has 174 valence electrons. The van der Waals surface area contributed by atoms with Crippen LogP contribution in [0.25, 0.3) is 0 Å². The number of hydrogen-bond acceptors (Lipinski definition) is 6. The highest BCUT2D eigenvalue weighted by Crippen LogP contribution is 2.55. The number of ether oxygens (including phenoxy) is 1. The number of esters is 1. The Morgan fingerprint density at radius 2 is 1.66 bits per heavy atom. The third kappa shape index (κ3) is 4.66. The average molecular weight is 464 g/mol. The molecule has 0 aromatic heterocycles. The molecule has 4 aliphatic carbocycles. The van der Waals surface area contributed by atoms with E-state index in [1.165, 1.54) is 57.6 Å². The minimum Gasteiger partial charge on any atom is -0.452 e. The second-order valence-corrected chi connectivity index (χ2v) is 11.7. The minimum absolute atomic E-state index is 0.00116. The Balaban J connectivity index is 1.29. The Morgan fingerprint density at radius 1 is 1.06 bits per heavy atom. The summed E-state index contributed by atoms with van der Waals surface area (Å²) in [5.41, 5.74) is -0.229. The number of hydrogen-bond donors (Lipinski definition) is 2. The fourth-order valence-electron chi connectivity index (χ4n) is 5.91. The number of benzene rings is 1. The Labute approximate surface area is 187 Å². The van der Waals surface area contributed by atoms with Crippen LogP contribution in [0.5, 0.6) is 0 Å². The molecule has 5 rings (SSSR count). The molecule has 4 saturated carbocycles. The maximum atomic E-state index is 12.4. The Bertz CT molecular complexity index is 1000. The molecule has 3 amide bonds. The van der Waals surface area contributed by atoms with Gasteiger partial charge in [-0.1, -0.05) is 6.07 Å². The molecule has 0 saturated heterocycles. The molecule has 4 fully saturated rings. The van der Waals surface area contributed by atoms with E-state index in [-0.39, 0.29) is 16.0 Å². The van der Waals surface area contributed by atoms with Crippen molar-refractivity contribution >= 4 is 27.9 Å². The lowest BCUT2D eigenvalue weighted by Crippen LogP contribution is -2.62. The monoisotopic (exact) mass is 463 g/mol. The molecule has 0 spiro atoms. The van der Waals surface area contributed by atoms with Crippen molar-refractivity contribution in [2.24, 2.45) is 17.8 Å². The molecule has 1 aromatic carbocycles. The zero-order valence-electron chi connectivity index (χ0n) is 18.3. The van der Waals surface area contributed by atoms with Crippen molar-refractivity contribution in [2.75, 3.05) is 20.7 Å². The number of sulfonamides is 1. The van der Waals surface area contributed by atoms with Crippen LogP contribution in [-0.2, 0) is 19.6 Å². The summed E-state index contributed by atoms with van der Waals surface area (Å²) in [4.78, 5) is 36.8. The normalized spacial score (nSPS) is 28.4. The van der Waals surface area contributed by atoms with Crippen LogP contribution >= 0.6 is 0 Å². The van der Waals surface area contributed by atoms with Gasteiger partial charge in [-0.05, 0) is 74.5 Å². The van der Waals surface area contributed by atoms with Crippen molar-refractivity contribution in [3.05, 3.63) is 29.8 Å². The largest absolute Gasteiger partial charge is 0.452 e. The van der Waals surface area contributed by atoms with E-state index < -0.39 is 34.5 Å². The quantitative estimate of drug-likeness (QED) is 0.622. The first-order chi connectivity index (χ1) is 15.1. The molecule has 10 heteroatoms. The third-order valence-electron chi connectivity index (χ3n) is 6.85. The Morgan fingerprint density at radius 3 is 2.22 bits per heavy atom. The zero-order valence-corrected chi connectivity index (χ0v) is 19.1. The topological polar surface area (TPSA) is 122 Å². The molecule has 0 atom stereocenters. The van der Waals surface area contributed by atoms with E-state index in [9.17, 15) is 22.8 Å². The summed E-state index contributed by atoms with van der Waals surface area (Å²) in [5.74, 6) is 0.385. The summed E-state index contributed by atoms with van der Waals surface area (Å²) in [5, 5.41) is 5.27. The van der Waals surface area contributed by atoms with Crippen LogP contribution in [0.15, 0.2) is 29.2 Å². The first-order valence-corrected chi connectivity index (χ1v) is 12.3. The van der Waals surface area contributed by atoms with Crippen LogP contribution in [0.4, 0.5) is 4.79 Å². The fraction of sp³-hybridized carbons (Fsp3) is 0.591. The standard InChI is InChI=1S/C22H29N3O6S/c1-25(2)32(29,30)18-5-3-4-17(9-18)20(27)31-13-19(26)23-21(28)24-22-10-14-6-15(11-22)8-16(7-14)12-22/h3-5,9,14-16H,6-8,10-13H2,1-2H3,(H2,23,24,26,28). The van der Waals surface area contributed by atoms with Gasteiger partial charge in [-0.25, -0.2) is 22.3 Å². The predicted molar refractivity (Wildman–Crippen MR) is 115 cm³/mol. The highest BCUT2D eigenvalue weighted by Gasteiger charge is 2.51. The van der Waals surface area contributed by atoms with Gasteiger partial charge in [-0.3, -0.25) is 10.1 Å². The summed E-state index contributed by atoms with van der Waals surface area (Å²) in [7, 11) is -0.933. The predicted octanol–water partition coefficient (Wildman–Crippen LogP) is 1.89. The lowest BCUT2D eigenvalue weighted by atomic mass is 9.53. The summed E-state index contributed by atoms with van der Waals surface area (Å²) in [6.07, 6.45) is 6.61. The van der Waals surface area contributed by atoms with E-state index in [4.69, 9.17) is 4.74 Å². The van der Waals surface area contributed by atoms with Crippen molar-refractivity contribution in [2.45, 2.75) is 49.0 Å². The second kappa shape index (κ2) is 8.47. The molecule has 9 nitrogen and oxygen atoms in total. The maximum absolute atomic E-state index is 12.4. The molecule has 4 bridgehead atoms. The molecule has 0 heterocycles. The van der Waals surface area contributed by atoms with Crippen molar-refractivity contribution < 1.29 is 27.5 Å². The Kier molecular flexibility index (Phi) is 6.02. The number of urea groups is 1. The Hall–Kier alpha value is -2.46. The molecular formula is C22H29N3O6S. The van der Waals surface area contributed by atoms with E-state index in [1.807, 2.05) is 0 Å². The van der Waals surface area contributed by atoms with Crippen LogP contribution in [0.2, 0.25) is 0 Å². The summed E-state index contributed by atoms with van der Waals surface area (Å²) >= 11 is 0.